The average molecular weight is 324 g/mol. The van der Waals surface area contributed by atoms with E-state index in [2.05, 4.69) is 9.88 Å². The fraction of sp³-hybridized carbons (Fsp3) is 0.500. The number of H-pyrrole nitrogens is 1. The Morgan fingerprint density at radius 2 is 1.95 bits per heavy atom. The molecule has 7 nitrogen and oxygen atoms in total. The van der Waals surface area contributed by atoms with Gasteiger partial charge < -0.3 is 10.6 Å². The van der Waals surface area contributed by atoms with E-state index in [-0.39, 0.29) is 5.56 Å². The SMILES string of the molecule is CCN(CC)CCn1c(=O)[nH]c2sc(C(N)=O)c(C)c2c1=O. The van der Waals surface area contributed by atoms with Crippen molar-refractivity contribution in [1.82, 2.24) is 14.5 Å². The van der Waals surface area contributed by atoms with E-state index in [1.165, 1.54) is 4.57 Å². The van der Waals surface area contributed by atoms with E-state index < -0.39 is 11.6 Å². The molecule has 2 aromatic rings. The summed E-state index contributed by atoms with van der Waals surface area (Å²) in [4.78, 5) is 41.6. The van der Waals surface area contributed by atoms with Gasteiger partial charge in [-0.05, 0) is 25.6 Å². The molecule has 120 valence electrons. The molecule has 0 unspecified atom stereocenters. The second-order valence-electron chi connectivity index (χ2n) is 5.04. The predicted molar refractivity (Wildman–Crippen MR) is 87.7 cm³/mol. The normalized spacial score (nSPS) is 11.5. The number of nitrogens with one attached hydrogen (secondary N) is 1. The summed E-state index contributed by atoms with van der Waals surface area (Å²) < 4.78 is 1.19. The summed E-state index contributed by atoms with van der Waals surface area (Å²) >= 11 is 1.05. The molecule has 22 heavy (non-hydrogen) atoms. The van der Waals surface area contributed by atoms with Crippen LogP contribution in [0.15, 0.2) is 9.59 Å². The van der Waals surface area contributed by atoms with Gasteiger partial charge in [0, 0.05) is 13.1 Å². The summed E-state index contributed by atoms with van der Waals surface area (Å²) in [7, 11) is 0. The number of hydrogen-bond acceptors (Lipinski definition) is 5. The van der Waals surface area contributed by atoms with Crippen LogP contribution in [0.2, 0.25) is 0 Å². The molecule has 0 saturated heterocycles. The molecule has 0 saturated carbocycles. The van der Waals surface area contributed by atoms with Crippen molar-refractivity contribution in [2.75, 3.05) is 19.6 Å². The van der Waals surface area contributed by atoms with Crippen LogP contribution in [-0.2, 0) is 6.54 Å². The summed E-state index contributed by atoms with van der Waals surface area (Å²) in [6.45, 7) is 8.38. The summed E-state index contributed by atoms with van der Waals surface area (Å²) in [5.41, 5.74) is 5.01. The maximum Gasteiger partial charge on any atom is 0.329 e. The lowest BCUT2D eigenvalue weighted by Gasteiger charge is -2.17. The number of aromatic amines is 1. The number of likely N-dealkylation sites (N-methyl/N-ethyl adjacent to an activating group) is 1. The fourth-order valence-electron chi connectivity index (χ4n) is 2.47. The molecule has 0 aliphatic carbocycles. The Labute approximate surface area is 131 Å². The lowest BCUT2D eigenvalue weighted by molar-refractivity contribution is 0.100. The number of nitrogens with two attached hydrogens (primary N) is 1. The van der Waals surface area contributed by atoms with Gasteiger partial charge in [-0.1, -0.05) is 13.8 Å². The van der Waals surface area contributed by atoms with Crippen LogP contribution in [-0.4, -0.2) is 40.0 Å². The van der Waals surface area contributed by atoms with Gasteiger partial charge in [0.2, 0.25) is 0 Å². The number of amides is 1. The number of fused-ring (bicyclic) bond motifs is 1. The first-order valence-electron chi connectivity index (χ1n) is 7.19. The average Bonchev–Trinajstić information content (AvgIpc) is 2.80. The molecule has 2 aromatic heterocycles. The van der Waals surface area contributed by atoms with Crippen LogP contribution in [0.4, 0.5) is 0 Å². The Morgan fingerprint density at radius 3 is 2.50 bits per heavy atom. The van der Waals surface area contributed by atoms with Crippen LogP contribution < -0.4 is 17.0 Å². The Kier molecular flexibility index (Phi) is 4.82. The second-order valence-corrected chi connectivity index (χ2v) is 6.06. The van der Waals surface area contributed by atoms with Crippen molar-refractivity contribution in [3.05, 3.63) is 31.3 Å². The van der Waals surface area contributed by atoms with Crippen molar-refractivity contribution in [2.24, 2.45) is 5.73 Å². The number of aromatic nitrogens is 2. The minimum atomic E-state index is -0.589. The van der Waals surface area contributed by atoms with E-state index in [1.54, 1.807) is 6.92 Å². The lowest BCUT2D eigenvalue weighted by atomic mass is 10.2. The van der Waals surface area contributed by atoms with E-state index in [1.807, 2.05) is 13.8 Å². The zero-order valence-electron chi connectivity index (χ0n) is 12.9. The number of carbonyl (C=O) groups excluding carboxylic acids is 1. The molecule has 0 atom stereocenters. The summed E-state index contributed by atoms with van der Waals surface area (Å²) in [6.07, 6.45) is 0. The smallest absolute Gasteiger partial charge is 0.329 e. The molecule has 8 heteroatoms. The van der Waals surface area contributed by atoms with E-state index >= 15 is 0 Å². The molecule has 2 rings (SSSR count). The van der Waals surface area contributed by atoms with Crippen LogP contribution in [0.3, 0.4) is 0 Å². The number of carbonyl (C=O) groups is 1. The number of rotatable bonds is 6. The zero-order valence-corrected chi connectivity index (χ0v) is 13.7. The van der Waals surface area contributed by atoms with Gasteiger partial charge in [-0.2, -0.15) is 0 Å². The Bertz CT molecular complexity index is 814. The summed E-state index contributed by atoms with van der Waals surface area (Å²) in [5, 5.41) is 0.373. The van der Waals surface area contributed by atoms with Gasteiger partial charge in [0.25, 0.3) is 11.5 Å². The first-order valence-corrected chi connectivity index (χ1v) is 8.00. The molecule has 0 radical (unpaired) electrons. The van der Waals surface area contributed by atoms with E-state index in [0.29, 0.717) is 33.7 Å². The summed E-state index contributed by atoms with van der Waals surface area (Å²) in [6, 6.07) is 0. The van der Waals surface area contributed by atoms with Crippen LogP contribution in [0, 0.1) is 6.92 Å². The highest BCUT2D eigenvalue weighted by Gasteiger charge is 2.18. The molecule has 0 aliphatic rings. The van der Waals surface area contributed by atoms with Gasteiger partial charge >= 0.3 is 5.69 Å². The third-order valence-electron chi connectivity index (χ3n) is 3.83. The van der Waals surface area contributed by atoms with Crippen molar-refractivity contribution in [1.29, 1.82) is 0 Å². The van der Waals surface area contributed by atoms with Crippen LogP contribution >= 0.6 is 11.3 Å². The molecule has 0 spiro atoms. The van der Waals surface area contributed by atoms with E-state index in [9.17, 15) is 14.4 Å². The summed E-state index contributed by atoms with van der Waals surface area (Å²) in [5.74, 6) is -0.589. The molecule has 0 bridgehead atoms. The maximum atomic E-state index is 12.6. The van der Waals surface area contributed by atoms with Gasteiger partial charge in [-0.25, -0.2) is 4.79 Å². The quantitative estimate of drug-likeness (QED) is 0.808. The number of nitrogens with zero attached hydrogens (tertiary/aromatic N) is 2. The highest BCUT2D eigenvalue weighted by Crippen LogP contribution is 2.25. The van der Waals surface area contributed by atoms with Crippen molar-refractivity contribution < 1.29 is 4.79 Å². The highest BCUT2D eigenvalue weighted by molar-refractivity contribution is 7.20. The highest BCUT2D eigenvalue weighted by atomic mass is 32.1. The molecular formula is C14H20N4O3S. The second kappa shape index (κ2) is 6.45. The standard InChI is InChI=1S/C14H20N4O3S/c1-4-17(5-2)6-7-18-13(20)9-8(3)10(11(15)19)22-12(9)16-14(18)21/h4-7H2,1-3H3,(H2,15,19)(H,16,21). The predicted octanol–water partition coefficient (Wildman–Crippen LogP) is 0.500. The Morgan fingerprint density at radius 1 is 1.32 bits per heavy atom. The first kappa shape index (κ1) is 16.4. The van der Waals surface area contributed by atoms with Gasteiger partial charge in [0.1, 0.15) is 4.83 Å². The monoisotopic (exact) mass is 324 g/mol. The molecule has 0 aromatic carbocycles. The van der Waals surface area contributed by atoms with Gasteiger partial charge in [-0.3, -0.25) is 19.1 Å². The van der Waals surface area contributed by atoms with Crippen LogP contribution in [0.5, 0.6) is 0 Å². The van der Waals surface area contributed by atoms with Crippen LogP contribution in [0.1, 0.15) is 29.1 Å². The topological polar surface area (TPSA) is 101 Å². The van der Waals surface area contributed by atoms with Crippen LogP contribution in [0.25, 0.3) is 10.2 Å². The van der Waals surface area contributed by atoms with Crippen molar-refractivity contribution >= 4 is 27.5 Å². The zero-order chi connectivity index (χ0) is 16.4. The van der Waals surface area contributed by atoms with Gasteiger partial charge in [-0.15, -0.1) is 11.3 Å². The van der Waals surface area contributed by atoms with Crippen molar-refractivity contribution in [2.45, 2.75) is 27.3 Å². The van der Waals surface area contributed by atoms with E-state index in [4.69, 9.17) is 5.73 Å². The largest absolute Gasteiger partial charge is 0.365 e. The molecule has 0 fully saturated rings. The van der Waals surface area contributed by atoms with Gasteiger partial charge in [0.05, 0.1) is 10.3 Å². The maximum absolute atomic E-state index is 12.6. The fourth-order valence-corrected chi connectivity index (χ4v) is 3.51. The molecule has 2 heterocycles. The third kappa shape index (κ3) is 2.84. The minimum Gasteiger partial charge on any atom is -0.365 e. The van der Waals surface area contributed by atoms with Crippen molar-refractivity contribution in [3.8, 4) is 0 Å². The molecular weight excluding hydrogens is 304 g/mol. The molecule has 0 aliphatic heterocycles. The molecule has 1 amide bonds. The third-order valence-corrected chi connectivity index (χ3v) is 5.05. The first-order chi connectivity index (χ1) is 10.4. The number of hydrogen-bond donors (Lipinski definition) is 2. The number of aryl methyl sites for hydroxylation is 1. The van der Waals surface area contributed by atoms with E-state index in [0.717, 1.165) is 24.4 Å². The van der Waals surface area contributed by atoms with Gasteiger partial charge in [0.15, 0.2) is 0 Å². The number of thiophene rings is 1. The molecule has 3 N–H and O–H groups in total. The minimum absolute atomic E-state index is 0.309. The Hall–Kier alpha value is -1.93. The van der Waals surface area contributed by atoms with Crippen molar-refractivity contribution in [3.63, 3.8) is 0 Å². The lowest BCUT2D eigenvalue weighted by Crippen LogP contribution is -2.39. The number of primary amides is 1. The Balaban J connectivity index is 2.53.